The number of ether oxygens (including phenoxy) is 5. The maximum absolute atomic E-state index is 11.5. The molecule has 0 N–H and O–H groups in total. The number of cyclic esters (lactones) is 1. The summed E-state index contributed by atoms with van der Waals surface area (Å²) in [5.41, 5.74) is 1.15. The topological polar surface area (TPSA) is 63.2 Å². The molecule has 148 valence electrons. The smallest absolute Gasteiger partial charge is 0.330 e. The molecule has 4 atom stereocenters. The van der Waals surface area contributed by atoms with E-state index in [1.807, 2.05) is 24.3 Å². The molecular weight excluding hydrogens is 348 g/mol. The van der Waals surface area contributed by atoms with E-state index in [0.717, 1.165) is 24.8 Å². The van der Waals surface area contributed by atoms with E-state index in [-0.39, 0.29) is 37.2 Å². The first kappa shape index (κ1) is 20.0. The third kappa shape index (κ3) is 6.74. The number of esters is 1. The van der Waals surface area contributed by atoms with E-state index in [2.05, 4.69) is 12.1 Å². The van der Waals surface area contributed by atoms with Crippen LogP contribution in [0, 0.1) is 0 Å². The summed E-state index contributed by atoms with van der Waals surface area (Å²) in [6.45, 7) is 1.27. The van der Waals surface area contributed by atoms with Gasteiger partial charge in [-0.1, -0.05) is 36.4 Å². The van der Waals surface area contributed by atoms with Crippen molar-refractivity contribution in [2.75, 3.05) is 20.5 Å². The Morgan fingerprint density at radius 3 is 2.70 bits per heavy atom. The van der Waals surface area contributed by atoms with Crippen LogP contribution in [-0.4, -0.2) is 50.9 Å². The number of hydrogen-bond donors (Lipinski definition) is 0. The summed E-state index contributed by atoms with van der Waals surface area (Å²) < 4.78 is 28.2. The lowest BCUT2D eigenvalue weighted by Gasteiger charge is -2.36. The lowest BCUT2D eigenvalue weighted by Crippen LogP contribution is -2.41. The average Bonchev–Trinajstić information content (AvgIpc) is 2.67. The largest absolute Gasteiger partial charge is 0.459 e. The van der Waals surface area contributed by atoms with Crippen LogP contribution in [0.5, 0.6) is 0 Å². The highest BCUT2D eigenvalue weighted by molar-refractivity contribution is 5.82. The molecule has 0 radical (unpaired) electrons. The fourth-order valence-electron chi connectivity index (χ4n) is 3.52. The van der Waals surface area contributed by atoms with Crippen molar-refractivity contribution in [1.29, 1.82) is 0 Å². The Morgan fingerprint density at radius 1 is 1.11 bits per heavy atom. The zero-order valence-electron chi connectivity index (χ0n) is 15.8. The fraction of sp³-hybridized carbons (Fsp3) is 0.571. The molecule has 0 aromatic heterocycles. The number of methoxy groups -OCH3 is 1. The molecule has 2 aliphatic heterocycles. The molecule has 6 nitrogen and oxygen atoms in total. The second-order valence-electron chi connectivity index (χ2n) is 6.98. The normalized spacial score (nSPS) is 28.1. The Morgan fingerprint density at radius 2 is 1.93 bits per heavy atom. The lowest BCUT2D eigenvalue weighted by atomic mass is 9.96. The highest BCUT2D eigenvalue weighted by Gasteiger charge is 2.33. The van der Waals surface area contributed by atoms with E-state index in [9.17, 15) is 4.79 Å². The Labute approximate surface area is 160 Å². The maximum Gasteiger partial charge on any atom is 0.330 e. The number of hydrogen-bond acceptors (Lipinski definition) is 6. The van der Waals surface area contributed by atoms with Gasteiger partial charge in [-0.25, -0.2) is 4.79 Å². The van der Waals surface area contributed by atoms with Crippen LogP contribution in [0.2, 0.25) is 0 Å². The summed E-state index contributed by atoms with van der Waals surface area (Å²) in [4.78, 5) is 11.5. The van der Waals surface area contributed by atoms with Gasteiger partial charge in [0.2, 0.25) is 0 Å². The van der Waals surface area contributed by atoms with E-state index in [1.54, 1.807) is 7.11 Å². The quantitative estimate of drug-likeness (QED) is 0.375. The second-order valence-corrected chi connectivity index (χ2v) is 6.98. The van der Waals surface area contributed by atoms with E-state index in [4.69, 9.17) is 23.7 Å². The van der Waals surface area contributed by atoms with Gasteiger partial charge in [0, 0.05) is 38.9 Å². The van der Waals surface area contributed by atoms with Gasteiger partial charge in [-0.15, -0.1) is 0 Å². The minimum Gasteiger partial charge on any atom is -0.459 e. The van der Waals surface area contributed by atoms with Crippen molar-refractivity contribution >= 4 is 5.97 Å². The first-order chi connectivity index (χ1) is 13.2. The second kappa shape index (κ2) is 10.6. The van der Waals surface area contributed by atoms with Crippen molar-refractivity contribution in [3.8, 4) is 0 Å². The van der Waals surface area contributed by atoms with Gasteiger partial charge in [0.05, 0.1) is 31.5 Å². The first-order valence-electron chi connectivity index (χ1n) is 9.47. The predicted molar refractivity (Wildman–Crippen MR) is 99.0 cm³/mol. The number of rotatable bonds is 9. The molecule has 0 spiro atoms. The van der Waals surface area contributed by atoms with Crippen LogP contribution in [0.3, 0.4) is 0 Å². The fourth-order valence-corrected chi connectivity index (χ4v) is 3.52. The lowest BCUT2D eigenvalue weighted by molar-refractivity contribution is -0.165. The number of benzene rings is 1. The number of carbonyl (C=O) groups excluding carboxylic acids is 1. The zero-order chi connectivity index (χ0) is 18.9. The van der Waals surface area contributed by atoms with Gasteiger partial charge in [0.15, 0.2) is 0 Å². The summed E-state index contributed by atoms with van der Waals surface area (Å²) in [6.07, 6.45) is 6.15. The molecule has 27 heavy (non-hydrogen) atoms. The van der Waals surface area contributed by atoms with Crippen molar-refractivity contribution in [1.82, 2.24) is 0 Å². The van der Waals surface area contributed by atoms with Gasteiger partial charge in [0.1, 0.15) is 12.9 Å². The van der Waals surface area contributed by atoms with E-state index >= 15 is 0 Å². The Balaban J connectivity index is 1.54. The molecule has 0 unspecified atom stereocenters. The van der Waals surface area contributed by atoms with Crippen molar-refractivity contribution in [2.45, 2.75) is 56.7 Å². The Bertz CT molecular complexity index is 602. The first-order valence-corrected chi connectivity index (χ1v) is 9.47. The van der Waals surface area contributed by atoms with Gasteiger partial charge in [0.25, 0.3) is 0 Å². The number of carbonyl (C=O) groups is 1. The molecule has 2 aliphatic rings. The third-order valence-electron chi connectivity index (χ3n) is 4.73. The van der Waals surface area contributed by atoms with Gasteiger partial charge in [-0.05, 0) is 5.56 Å². The summed E-state index contributed by atoms with van der Waals surface area (Å²) in [5.74, 6) is -0.279. The highest BCUT2D eigenvalue weighted by atomic mass is 16.7. The minimum atomic E-state index is -0.279. The van der Waals surface area contributed by atoms with Gasteiger partial charge < -0.3 is 23.7 Å². The molecule has 0 aliphatic carbocycles. The van der Waals surface area contributed by atoms with Crippen LogP contribution in [-0.2, 0) is 35.1 Å². The van der Waals surface area contributed by atoms with E-state index in [1.165, 1.54) is 6.08 Å². The van der Waals surface area contributed by atoms with Crippen LogP contribution >= 0.6 is 0 Å². The van der Waals surface area contributed by atoms with Crippen molar-refractivity contribution < 1.29 is 28.5 Å². The molecular formula is C21H28O6. The Kier molecular flexibility index (Phi) is 7.83. The van der Waals surface area contributed by atoms with Gasteiger partial charge in [-0.3, -0.25) is 0 Å². The van der Waals surface area contributed by atoms with Crippen LogP contribution in [0.25, 0.3) is 0 Å². The zero-order valence-corrected chi connectivity index (χ0v) is 15.8. The van der Waals surface area contributed by atoms with Crippen LogP contribution < -0.4 is 0 Å². The summed E-state index contributed by atoms with van der Waals surface area (Å²) in [5, 5.41) is 0. The maximum atomic E-state index is 11.5. The molecule has 0 amide bonds. The molecule has 1 aromatic rings. The van der Waals surface area contributed by atoms with Crippen molar-refractivity contribution in [3.05, 3.63) is 48.0 Å². The molecule has 6 heteroatoms. The molecule has 1 fully saturated rings. The molecule has 3 rings (SSSR count). The van der Waals surface area contributed by atoms with E-state index < -0.39 is 0 Å². The van der Waals surface area contributed by atoms with E-state index in [0.29, 0.717) is 19.6 Å². The van der Waals surface area contributed by atoms with Gasteiger partial charge >= 0.3 is 5.97 Å². The van der Waals surface area contributed by atoms with Crippen LogP contribution in [0.4, 0.5) is 0 Å². The summed E-state index contributed by atoms with van der Waals surface area (Å²) >= 11 is 0. The standard InChI is InChI=1S/C21H28O6/c1-23-15-24-14-20-12-18(25-13-16-6-3-2-4-7-16)11-19(26-20)10-17-8-5-9-21(22)27-17/h2-7,9,17-20H,8,10-15H2,1H3/t17-,18-,19-,20-/m1/s1. The van der Waals surface area contributed by atoms with Crippen LogP contribution in [0.15, 0.2) is 42.5 Å². The van der Waals surface area contributed by atoms with Gasteiger partial charge in [-0.2, -0.15) is 0 Å². The van der Waals surface area contributed by atoms with Crippen molar-refractivity contribution in [2.24, 2.45) is 0 Å². The molecule has 0 bridgehead atoms. The molecule has 2 heterocycles. The third-order valence-corrected chi connectivity index (χ3v) is 4.73. The predicted octanol–water partition coefficient (Wildman–Crippen LogP) is 3.00. The van der Waals surface area contributed by atoms with Crippen molar-refractivity contribution in [3.63, 3.8) is 0 Å². The highest BCUT2D eigenvalue weighted by Crippen LogP contribution is 2.28. The molecule has 1 saturated heterocycles. The average molecular weight is 376 g/mol. The summed E-state index contributed by atoms with van der Waals surface area (Å²) in [6, 6.07) is 10.1. The Hall–Kier alpha value is -1.73. The monoisotopic (exact) mass is 376 g/mol. The minimum absolute atomic E-state index is 0.0278. The SMILES string of the molecule is COCOC[C@H]1C[C@H](OCc2ccccc2)C[C@@H](C[C@H]2CC=CC(=O)O2)O1. The summed E-state index contributed by atoms with van der Waals surface area (Å²) in [7, 11) is 1.60. The molecule has 1 aromatic carbocycles. The van der Waals surface area contributed by atoms with Crippen LogP contribution in [0.1, 0.15) is 31.2 Å². The molecule has 0 saturated carbocycles.